The molecule has 0 heterocycles. The molecule has 0 aromatic heterocycles. The molecule has 0 saturated carbocycles. The molecular weight excluding hydrogens is 1960 g/mol. The van der Waals surface area contributed by atoms with E-state index in [0.717, 1.165) is 0 Å². The van der Waals surface area contributed by atoms with Gasteiger partial charge in [0, 0.05) is 0 Å². The van der Waals surface area contributed by atoms with Crippen molar-refractivity contribution in [3.8, 4) is 0 Å². The first-order valence-corrected chi connectivity index (χ1v) is 23.5. The predicted molar refractivity (Wildman–Crippen MR) is 185 cm³/mol. The second kappa shape index (κ2) is 20.7. The summed E-state index contributed by atoms with van der Waals surface area (Å²) in [6.07, 6.45) is 0. The molecule has 72 nitrogen and oxygen atoms in total. The van der Waals surface area contributed by atoms with Crippen LogP contribution in [0, 0.1) is 243 Å². The summed E-state index contributed by atoms with van der Waals surface area (Å²) in [4.78, 5) is 253. The molecule has 0 aromatic rings. The van der Waals surface area contributed by atoms with Crippen molar-refractivity contribution in [1.82, 2.24) is 0 Å². The molecule has 0 N–H and O–H groups in total. The van der Waals surface area contributed by atoms with Gasteiger partial charge >= 0.3 is 467 Å². The van der Waals surface area contributed by atoms with Crippen molar-refractivity contribution in [3.63, 3.8) is 0 Å². The number of rotatable bonds is 24. The van der Waals surface area contributed by atoms with E-state index in [9.17, 15) is 243 Å². The van der Waals surface area contributed by atoms with Gasteiger partial charge in [-0.05, 0) is 0 Å². The summed E-state index contributed by atoms with van der Waals surface area (Å²) in [5.41, 5.74) is 0. The normalized spacial score (nSPS) is 14.0. The zero-order chi connectivity index (χ0) is 63.5. The van der Waals surface area contributed by atoms with Crippen LogP contribution in [0.25, 0.3) is 0 Å². The summed E-state index contributed by atoms with van der Waals surface area (Å²) in [6, 6.07) is 0. The Hall–Kier alpha value is -9.61. The van der Waals surface area contributed by atoms with Gasteiger partial charge in [0.1, 0.15) is 0 Å². The molecule has 0 aliphatic rings. The van der Waals surface area contributed by atoms with Gasteiger partial charge in [0.25, 0.3) is 0 Å². The van der Waals surface area contributed by atoms with Crippen molar-refractivity contribution in [2.24, 2.45) is 0 Å². The largest absolute Gasteiger partial charge is 4.00 e. The smallest absolute Gasteiger partial charge is 4.00 e. The molecule has 0 rings (SSSR count). The third-order valence-corrected chi connectivity index (χ3v) is 26.9. The summed E-state index contributed by atoms with van der Waals surface area (Å²) in [5.74, 6) is 0. The Morgan fingerprint density at radius 3 is 0.139 bits per heavy atom. The van der Waals surface area contributed by atoms with Crippen LogP contribution in [0.4, 0.5) is 0 Å². The van der Waals surface area contributed by atoms with E-state index in [4.69, 9.17) is 0 Å². The van der Waals surface area contributed by atoms with Gasteiger partial charge in [-0.15, -0.1) is 0 Å². The molecule has 0 aliphatic carbocycles. The molecule has 0 radical (unpaired) electrons. The Bertz CT molecular complexity index is 2130. The van der Waals surface area contributed by atoms with Crippen molar-refractivity contribution in [3.05, 3.63) is 243 Å². The Morgan fingerprint density at radius 2 is 0.139 bits per heavy atom. The molecular formula is Co4N24O48Pb3. The Morgan fingerprint density at radius 1 is 0.114 bits per heavy atom. The monoisotopic (exact) mass is 1960 g/mol. The van der Waals surface area contributed by atoms with E-state index in [-0.39, 0.29) is 81.9 Å². The van der Waals surface area contributed by atoms with Crippen molar-refractivity contribution in [1.29, 1.82) is 0 Å². The Labute approximate surface area is 464 Å². The maximum Gasteiger partial charge on any atom is 4.00 e. The van der Waals surface area contributed by atoms with E-state index in [1.807, 2.05) is 0 Å². The van der Waals surface area contributed by atoms with Gasteiger partial charge < -0.3 is 0 Å². The molecule has 0 unspecified atom stereocenters. The van der Waals surface area contributed by atoms with Crippen LogP contribution < -0.4 is 0 Å². The van der Waals surface area contributed by atoms with E-state index in [1.54, 1.807) is 0 Å². The van der Waals surface area contributed by atoms with Crippen LogP contribution in [0.5, 0.6) is 0 Å². The maximum atomic E-state index is 10.5. The fourth-order valence-electron chi connectivity index (χ4n) is 2.67. The van der Waals surface area contributed by atoms with Crippen molar-refractivity contribution in [2.45, 2.75) is 0 Å². The van der Waals surface area contributed by atoms with Gasteiger partial charge in [0.2, 0.25) is 0 Å². The minimum absolute atomic E-state index is 0. The van der Waals surface area contributed by atoms with E-state index in [2.05, 4.69) is 0 Å². The van der Waals surface area contributed by atoms with Crippen LogP contribution in [-0.2, 0) is 47.3 Å². The summed E-state index contributed by atoms with van der Waals surface area (Å²) in [7, 11) is 0. The van der Waals surface area contributed by atoms with Gasteiger partial charge in [-0.3, -0.25) is 0 Å². The van der Waals surface area contributed by atoms with Gasteiger partial charge in [-0.2, -0.15) is 0 Å². The van der Waals surface area contributed by atoms with Gasteiger partial charge in [-0.1, -0.05) is 0 Å². The van der Waals surface area contributed by atoms with Crippen LogP contribution in [-0.4, -0.2) is 177 Å². The van der Waals surface area contributed by atoms with Crippen molar-refractivity contribution in [2.75, 3.05) is 0 Å². The fourth-order valence-corrected chi connectivity index (χ4v) is 11.0. The molecule has 0 fully saturated rings. The SMILES string of the molecule is O=[N+]([O-])[Co-3]([N+](=O)[O-])([N+](=O)[O-])([N+](=O)[O-])([N+](=O)[O-])[N+](=O)[O-].O=[N+]([O-])[Co-3]([N+](=O)[O-])([N+](=O)[O-])([N+](=O)[O-])([N+](=O)[O-])[N+](=O)[O-].O=[N+]([O-])[Co-3]([N+](=O)[O-])([N+](=O)[O-])([N+](=O)[O-])([N+](=O)[O-])[N+](=O)[O-].O=[N+]([O-])[Co-3]([N+](=O)[O-])([N+](=O)[O-])([N+](=O)[O-])([N+](=O)[O-])[N+](=O)[O-].[Pb+4].[Pb+4].[Pb+4]. The van der Waals surface area contributed by atoms with E-state index in [0.29, 0.717) is 0 Å². The molecule has 79 heavy (non-hydrogen) atoms. The minimum Gasteiger partial charge on any atom is 4.00 e. The van der Waals surface area contributed by atoms with Crippen LogP contribution in [0.3, 0.4) is 0 Å². The molecule has 79 heteroatoms. The number of nitro groups is 24. The second-order valence-corrected chi connectivity index (χ2v) is 30.3. The van der Waals surface area contributed by atoms with Crippen LogP contribution >= 0.6 is 0 Å². The number of hydrogen-bond donors (Lipinski definition) is 0. The first-order chi connectivity index (χ1) is 33.4. The molecule has 0 bridgehead atoms. The zero-order valence-corrected chi connectivity index (χ0v) is 49.0. The van der Waals surface area contributed by atoms with E-state index in [1.165, 1.54) is 0 Å². The molecule has 0 amide bonds. The molecule has 0 saturated heterocycles. The first kappa shape index (κ1) is 83.4. The molecule has 0 aromatic carbocycles. The molecule has 0 spiro atoms. The summed E-state index contributed by atoms with van der Waals surface area (Å²) < 4.78 is -78.2. The third kappa shape index (κ3) is 5.68. The molecule has 0 atom stereocenters. The average molecular weight is 1960 g/mol. The maximum absolute atomic E-state index is 10.5. The predicted octanol–water partition coefficient (Wildman–Crippen LogP) is -7.69. The summed E-state index contributed by atoms with van der Waals surface area (Å²) >= 11 is -41.0. The minimum atomic E-state index is -10.3. The Kier molecular flexibility index (Phi) is 21.9. The molecule has 0 aliphatic heterocycles. The third-order valence-electron chi connectivity index (χ3n) is 6.53. The standard InChI is InChI=1S/4Co.24NO2.3Pb/c;;;;24*2-1-3;;;/q4*-3;;;;;;;;;;;;;;;;;;;;;;;;;3*+4. The summed E-state index contributed by atoms with van der Waals surface area (Å²) in [6.45, 7) is 0. The van der Waals surface area contributed by atoms with Gasteiger partial charge in [0.15, 0.2) is 0 Å². The Balaban J connectivity index is -0.000000173. The van der Waals surface area contributed by atoms with Crippen LogP contribution in [0.2, 0.25) is 0 Å². The fraction of sp³-hybridized carbons (Fsp3) is 0. The zero-order valence-electron chi connectivity index (χ0n) is 33.2. The first-order valence-electron chi connectivity index (χ1n) is 12.3. The van der Waals surface area contributed by atoms with E-state index >= 15 is 0 Å². The second-order valence-electron chi connectivity index (χ2n) is 8.71. The summed E-state index contributed by atoms with van der Waals surface area (Å²) in [5, 5.41) is 253. The average Bonchev–Trinajstić information content (AvgIpc) is 3.18. The van der Waals surface area contributed by atoms with Crippen molar-refractivity contribution < 1.29 is 143 Å². The van der Waals surface area contributed by atoms with E-state index < -0.39 is 143 Å². The number of nitrogens with zero attached hydrogens (tertiary/aromatic N) is 24. The van der Waals surface area contributed by atoms with Crippen molar-refractivity contribution >= 4 is 81.9 Å². The topological polar surface area (TPSA) is 1040 Å². The van der Waals surface area contributed by atoms with Crippen LogP contribution in [0.1, 0.15) is 0 Å². The van der Waals surface area contributed by atoms with Gasteiger partial charge in [-0.25, -0.2) is 0 Å². The quantitative estimate of drug-likeness (QED) is 0.0492. The number of hydrogen-bond acceptors (Lipinski definition) is 48. The molecule has 456 valence electrons. The van der Waals surface area contributed by atoms with Crippen LogP contribution in [0.15, 0.2) is 0 Å². The van der Waals surface area contributed by atoms with Gasteiger partial charge in [0.05, 0.1) is 0 Å².